The third-order valence-corrected chi connectivity index (χ3v) is 4.46. The van der Waals surface area contributed by atoms with Gasteiger partial charge in [0.25, 0.3) is 17.7 Å². The zero-order valence-corrected chi connectivity index (χ0v) is 15.3. The van der Waals surface area contributed by atoms with Gasteiger partial charge in [0.05, 0.1) is 22.4 Å². The molecule has 1 aromatic heterocycles. The van der Waals surface area contributed by atoms with Crippen LogP contribution in [0.2, 0.25) is 0 Å². The van der Waals surface area contributed by atoms with Crippen molar-refractivity contribution in [2.45, 2.75) is 6.92 Å². The molecule has 10 nitrogen and oxygen atoms in total. The number of nitrogens with one attached hydrogen (secondary N) is 1. The van der Waals surface area contributed by atoms with E-state index >= 15 is 0 Å². The first kappa shape index (κ1) is 18.9. The summed E-state index contributed by atoms with van der Waals surface area (Å²) in [5.41, 5.74) is -0.318. The van der Waals surface area contributed by atoms with E-state index in [4.69, 9.17) is 4.52 Å². The number of imide groups is 1. The molecule has 2 aromatic carbocycles. The largest absolute Gasteiger partial charge is 0.872 e. The summed E-state index contributed by atoms with van der Waals surface area (Å²) >= 11 is 0. The van der Waals surface area contributed by atoms with Crippen LogP contribution in [0.4, 0.5) is 11.5 Å². The molecule has 0 aliphatic carbocycles. The fourth-order valence-corrected chi connectivity index (χ4v) is 3.05. The Hall–Kier alpha value is -4.47. The Kier molecular flexibility index (Phi) is 4.31. The summed E-state index contributed by atoms with van der Waals surface area (Å²) in [4.78, 5) is 50.0. The lowest BCUT2D eigenvalue weighted by Gasteiger charge is -2.12. The topological polar surface area (TPSA) is 153 Å². The Morgan fingerprint density at radius 1 is 1.07 bits per heavy atom. The molecule has 0 unspecified atom stereocenters. The molecule has 1 aliphatic heterocycles. The quantitative estimate of drug-likeness (QED) is 0.622. The molecule has 10 heteroatoms. The van der Waals surface area contributed by atoms with E-state index in [9.17, 15) is 29.4 Å². The minimum Gasteiger partial charge on any atom is -0.872 e. The molecule has 2 heterocycles. The number of nitrogens with zero attached hydrogens (tertiary/aromatic N) is 2. The molecule has 0 saturated heterocycles. The number of anilines is 2. The van der Waals surface area contributed by atoms with Crippen molar-refractivity contribution in [2.24, 2.45) is 0 Å². The van der Waals surface area contributed by atoms with Crippen LogP contribution in [-0.4, -0.2) is 34.0 Å². The van der Waals surface area contributed by atoms with Gasteiger partial charge in [-0.05, 0) is 31.2 Å². The number of rotatable bonds is 4. The van der Waals surface area contributed by atoms with Gasteiger partial charge in [-0.15, -0.1) is 5.75 Å². The molecule has 1 aliphatic rings. The number of benzene rings is 2. The second kappa shape index (κ2) is 6.85. The molecule has 0 fully saturated rings. The van der Waals surface area contributed by atoms with Crippen molar-refractivity contribution in [3.8, 4) is 5.75 Å². The number of aromatic carboxylic acids is 1. The number of aryl methyl sites for hydroxylation is 1. The second-order valence-corrected chi connectivity index (χ2v) is 6.47. The maximum atomic E-state index is 12.7. The van der Waals surface area contributed by atoms with E-state index in [1.54, 1.807) is 6.92 Å². The van der Waals surface area contributed by atoms with E-state index in [-0.39, 0.29) is 33.8 Å². The highest BCUT2D eigenvalue weighted by Gasteiger charge is 2.38. The van der Waals surface area contributed by atoms with Crippen molar-refractivity contribution < 1.29 is 33.9 Å². The van der Waals surface area contributed by atoms with Gasteiger partial charge in [0, 0.05) is 11.6 Å². The first-order valence-corrected chi connectivity index (χ1v) is 8.58. The molecule has 4 rings (SSSR count). The average molecular weight is 406 g/mol. The van der Waals surface area contributed by atoms with E-state index in [1.807, 2.05) is 0 Å². The van der Waals surface area contributed by atoms with Gasteiger partial charge < -0.3 is 20.1 Å². The Morgan fingerprint density at radius 3 is 2.47 bits per heavy atom. The van der Waals surface area contributed by atoms with Crippen molar-refractivity contribution in [2.75, 3.05) is 10.2 Å². The van der Waals surface area contributed by atoms with Crippen LogP contribution in [0, 0.1) is 6.92 Å². The Labute approximate surface area is 168 Å². The monoisotopic (exact) mass is 406 g/mol. The van der Waals surface area contributed by atoms with Crippen LogP contribution in [0.5, 0.6) is 5.75 Å². The summed E-state index contributed by atoms with van der Waals surface area (Å²) in [6.07, 6.45) is 0. The van der Waals surface area contributed by atoms with Gasteiger partial charge in [0.15, 0.2) is 5.82 Å². The fraction of sp³-hybridized carbons (Fsp3) is 0.0500. The van der Waals surface area contributed by atoms with Crippen molar-refractivity contribution in [1.82, 2.24) is 5.16 Å². The van der Waals surface area contributed by atoms with E-state index in [2.05, 4.69) is 10.5 Å². The molecule has 3 amide bonds. The van der Waals surface area contributed by atoms with Crippen molar-refractivity contribution in [3.05, 3.63) is 70.5 Å². The van der Waals surface area contributed by atoms with E-state index in [0.717, 1.165) is 17.0 Å². The second-order valence-electron chi connectivity index (χ2n) is 6.47. The summed E-state index contributed by atoms with van der Waals surface area (Å²) in [5.74, 6) is -3.43. The summed E-state index contributed by atoms with van der Waals surface area (Å²) < 4.78 is 4.91. The fourth-order valence-electron chi connectivity index (χ4n) is 3.05. The Balaban J connectivity index is 1.64. The number of carbonyl (C=O) groups is 4. The van der Waals surface area contributed by atoms with Crippen LogP contribution in [0.15, 0.2) is 47.0 Å². The number of carboxylic acids is 1. The molecule has 0 spiro atoms. The van der Waals surface area contributed by atoms with E-state index in [1.165, 1.54) is 30.3 Å². The molecule has 2 N–H and O–H groups in total. The Morgan fingerprint density at radius 2 is 1.80 bits per heavy atom. The normalized spacial score (nSPS) is 12.8. The highest BCUT2D eigenvalue weighted by atomic mass is 16.5. The SMILES string of the molecule is Cc1cc(N2C(=O)c3ccc(C(=O)Nc4ccc([O-])cc4C(=O)O)cc3C2=O)no1. The predicted octanol–water partition coefficient (Wildman–Crippen LogP) is 1.81. The zero-order chi connectivity index (χ0) is 21.6. The van der Waals surface area contributed by atoms with Crippen molar-refractivity contribution >= 4 is 35.2 Å². The minimum atomic E-state index is -1.38. The number of carbonyl (C=O) groups excluding carboxylic acids is 3. The molecular weight excluding hydrogens is 394 g/mol. The van der Waals surface area contributed by atoms with Gasteiger partial charge in [0.1, 0.15) is 5.76 Å². The summed E-state index contributed by atoms with van der Waals surface area (Å²) in [6, 6.07) is 8.52. The van der Waals surface area contributed by atoms with Crippen LogP contribution in [-0.2, 0) is 0 Å². The van der Waals surface area contributed by atoms with Crippen LogP contribution < -0.4 is 15.3 Å². The van der Waals surface area contributed by atoms with Crippen LogP contribution >= 0.6 is 0 Å². The molecule has 30 heavy (non-hydrogen) atoms. The van der Waals surface area contributed by atoms with Crippen molar-refractivity contribution in [3.63, 3.8) is 0 Å². The first-order chi connectivity index (χ1) is 14.3. The lowest BCUT2D eigenvalue weighted by molar-refractivity contribution is -0.268. The standard InChI is InChI=1S/C20H13N3O7/c1-9-6-16(22-30-9)23-18(26)12-4-2-10(7-13(12)19(23)27)17(25)21-15-5-3-11(24)8-14(15)20(28)29/h2-8,24H,1H3,(H,21,25)(H,28,29)/p-1. The van der Waals surface area contributed by atoms with E-state index in [0.29, 0.717) is 5.76 Å². The van der Waals surface area contributed by atoms with Crippen LogP contribution in [0.3, 0.4) is 0 Å². The van der Waals surface area contributed by atoms with Gasteiger partial charge in [-0.25, -0.2) is 9.69 Å². The maximum absolute atomic E-state index is 12.7. The highest BCUT2D eigenvalue weighted by molar-refractivity contribution is 6.34. The van der Waals surface area contributed by atoms with E-state index < -0.39 is 29.4 Å². The average Bonchev–Trinajstić information content (AvgIpc) is 3.23. The van der Waals surface area contributed by atoms with Crippen LogP contribution in [0.25, 0.3) is 0 Å². The summed E-state index contributed by atoms with van der Waals surface area (Å²) in [7, 11) is 0. The lowest BCUT2D eigenvalue weighted by atomic mass is 10.0. The van der Waals surface area contributed by atoms with Gasteiger partial charge >= 0.3 is 5.97 Å². The molecule has 0 saturated carbocycles. The number of hydrogen-bond donors (Lipinski definition) is 2. The smallest absolute Gasteiger partial charge is 0.337 e. The maximum Gasteiger partial charge on any atom is 0.337 e. The van der Waals surface area contributed by atoms with Gasteiger partial charge in [-0.2, -0.15) is 0 Å². The number of fused-ring (bicyclic) bond motifs is 1. The number of hydrogen-bond acceptors (Lipinski definition) is 7. The van der Waals surface area contributed by atoms with Crippen molar-refractivity contribution in [1.29, 1.82) is 0 Å². The number of carboxylic acid groups (broad SMARTS) is 1. The third kappa shape index (κ3) is 3.05. The molecule has 0 atom stereocenters. The molecule has 3 aromatic rings. The van der Waals surface area contributed by atoms with Gasteiger partial charge in [-0.3, -0.25) is 14.4 Å². The molecule has 0 bridgehead atoms. The van der Waals surface area contributed by atoms with Gasteiger partial charge in [0.2, 0.25) is 0 Å². The lowest BCUT2D eigenvalue weighted by Crippen LogP contribution is -2.29. The predicted molar refractivity (Wildman–Crippen MR) is 99.6 cm³/mol. The summed E-state index contributed by atoms with van der Waals surface area (Å²) in [5, 5.41) is 26.7. The number of amides is 3. The molecule has 150 valence electrons. The number of aromatic nitrogens is 1. The summed E-state index contributed by atoms with van der Waals surface area (Å²) in [6.45, 7) is 1.61. The Bertz CT molecular complexity index is 1240. The first-order valence-electron chi connectivity index (χ1n) is 8.58. The van der Waals surface area contributed by atoms with Crippen LogP contribution in [0.1, 0.15) is 47.2 Å². The highest BCUT2D eigenvalue weighted by Crippen LogP contribution is 2.29. The minimum absolute atomic E-state index is 0.00154. The zero-order valence-electron chi connectivity index (χ0n) is 15.3. The molecular formula is C20H12N3O7-. The third-order valence-electron chi connectivity index (χ3n) is 4.46. The van der Waals surface area contributed by atoms with Gasteiger partial charge in [-0.1, -0.05) is 17.3 Å². The molecule has 0 radical (unpaired) electrons.